The van der Waals surface area contributed by atoms with Crippen molar-refractivity contribution in [3.8, 4) is 51.8 Å². The van der Waals surface area contributed by atoms with E-state index in [1.54, 1.807) is 71.6 Å². The predicted octanol–water partition coefficient (Wildman–Crippen LogP) is 5.54. The minimum absolute atomic E-state index is 0.219. The highest BCUT2D eigenvalue weighted by Crippen LogP contribution is 2.37. The fourth-order valence-electron chi connectivity index (χ4n) is 4.96. The molecule has 5 rings (SSSR count). The van der Waals surface area contributed by atoms with Gasteiger partial charge in [-0.05, 0) is 66.5 Å². The monoisotopic (exact) mass is 829 g/mol. The van der Waals surface area contributed by atoms with Gasteiger partial charge in [0.1, 0.15) is 51.5 Å². The predicted molar refractivity (Wildman–Crippen MR) is 220 cm³/mol. The van der Waals surface area contributed by atoms with E-state index in [2.05, 4.69) is 56.3 Å². The molecule has 0 saturated heterocycles. The van der Waals surface area contributed by atoms with Gasteiger partial charge < -0.3 is 50.1 Å². The van der Waals surface area contributed by atoms with Crippen molar-refractivity contribution in [2.75, 3.05) is 51.6 Å². The van der Waals surface area contributed by atoms with Crippen molar-refractivity contribution in [3.63, 3.8) is 0 Å². The molecule has 0 bridgehead atoms. The Morgan fingerprint density at radius 1 is 0.733 bits per heavy atom. The zero-order chi connectivity index (χ0) is 43.7. The van der Waals surface area contributed by atoms with E-state index in [9.17, 15) is 9.59 Å². The molecule has 21 heteroatoms. The van der Waals surface area contributed by atoms with E-state index in [1.165, 1.54) is 12.4 Å². The highest BCUT2D eigenvalue weighted by atomic mass is 16.6. The third-order valence-corrected chi connectivity index (χ3v) is 7.39. The molecule has 0 aliphatic carbocycles. The molecule has 0 aromatic carbocycles. The number of carbonyl (C=O) groups is 2. The number of amides is 2. The van der Waals surface area contributed by atoms with Crippen molar-refractivity contribution < 1.29 is 38.0 Å². The van der Waals surface area contributed by atoms with Crippen LogP contribution in [0.5, 0.6) is 23.3 Å². The molecule has 5 aromatic rings. The molecule has 0 aliphatic heterocycles. The number of aromatic amines is 2. The second-order valence-electron chi connectivity index (χ2n) is 14.5. The quantitative estimate of drug-likeness (QED) is 0.0666. The van der Waals surface area contributed by atoms with E-state index >= 15 is 0 Å². The highest BCUT2D eigenvalue weighted by Gasteiger charge is 2.20. The molecule has 0 fully saturated rings. The lowest BCUT2D eigenvalue weighted by Gasteiger charge is -2.19. The maximum absolute atomic E-state index is 11.7. The smallest absolute Gasteiger partial charge is 0.407 e. The first kappa shape index (κ1) is 45.3. The Bertz CT molecular complexity index is 2190. The summed E-state index contributed by atoms with van der Waals surface area (Å²) in [6.07, 6.45) is 6.19. The Morgan fingerprint density at radius 3 is 1.68 bits per heavy atom. The maximum atomic E-state index is 11.7. The number of anilines is 3. The lowest BCUT2D eigenvalue weighted by molar-refractivity contribution is 0.0513. The molecule has 0 radical (unpaired) electrons. The van der Waals surface area contributed by atoms with Crippen LogP contribution >= 0.6 is 0 Å². The van der Waals surface area contributed by atoms with E-state index in [-0.39, 0.29) is 5.69 Å². The number of aromatic nitrogens is 8. The minimum atomic E-state index is -0.551. The fourth-order valence-corrected chi connectivity index (χ4v) is 4.96. The Balaban J connectivity index is 0.000000275. The summed E-state index contributed by atoms with van der Waals surface area (Å²) in [6.45, 7) is 12.3. The van der Waals surface area contributed by atoms with E-state index < -0.39 is 23.4 Å². The fraction of sp³-hybridized carbons (Fsp3) is 0.410. The summed E-state index contributed by atoms with van der Waals surface area (Å²) in [5.74, 6) is 3.15. The van der Waals surface area contributed by atoms with Gasteiger partial charge in [0.05, 0.1) is 51.2 Å². The lowest BCUT2D eigenvalue weighted by atomic mass is 10.2. The number of alkyl carbamates (subject to hydrolysis) is 2. The number of hydrogen-bond acceptors (Lipinski definition) is 17. The average Bonchev–Trinajstić information content (AvgIpc) is 3.85. The van der Waals surface area contributed by atoms with Gasteiger partial charge in [0, 0.05) is 37.6 Å². The van der Waals surface area contributed by atoms with E-state index in [1.807, 2.05) is 26.8 Å². The normalized spacial score (nSPS) is 10.9. The number of nitrogens with two attached hydrogens (primary N) is 1. The molecule has 5 heterocycles. The van der Waals surface area contributed by atoms with Gasteiger partial charge in [0.15, 0.2) is 11.5 Å². The van der Waals surface area contributed by atoms with Crippen molar-refractivity contribution in [1.82, 2.24) is 51.0 Å². The number of nitriles is 1. The van der Waals surface area contributed by atoms with Crippen LogP contribution in [-0.2, 0) is 9.47 Å². The topological polar surface area (TPSA) is 284 Å². The Morgan fingerprint density at radius 2 is 1.25 bits per heavy atom. The van der Waals surface area contributed by atoms with Crippen LogP contribution < -0.4 is 40.6 Å². The molecule has 0 spiro atoms. The van der Waals surface area contributed by atoms with Crippen LogP contribution in [0.15, 0.2) is 49.1 Å². The molecule has 0 aliphatic rings. The van der Waals surface area contributed by atoms with Gasteiger partial charge in [-0.3, -0.25) is 10.2 Å². The van der Waals surface area contributed by atoms with E-state index in [0.717, 1.165) is 0 Å². The van der Waals surface area contributed by atoms with Crippen molar-refractivity contribution in [2.24, 2.45) is 0 Å². The highest BCUT2D eigenvalue weighted by molar-refractivity contribution is 5.75. The Kier molecular flexibility index (Phi) is 16.2. The summed E-state index contributed by atoms with van der Waals surface area (Å²) in [4.78, 5) is 40.0. The summed E-state index contributed by atoms with van der Waals surface area (Å²) in [7, 11) is 3.11. The molecule has 0 atom stereocenters. The molecular weight excluding hydrogens is 779 g/mol. The first-order valence-corrected chi connectivity index (χ1v) is 18.7. The van der Waals surface area contributed by atoms with Crippen molar-refractivity contribution in [3.05, 3.63) is 54.7 Å². The van der Waals surface area contributed by atoms with E-state index in [0.29, 0.717) is 102 Å². The Labute approximate surface area is 347 Å². The summed E-state index contributed by atoms with van der Waals surface area (Å²) >= 11 is 0. The Hall–Kier alpha value is -7.37. The number of rotatable bonds is 16. The third kappa shape index (κ3) is 14.5. The van der Waals surface area contributed by atoms with Gasteiger partial charge in [-0.25, -0.2) is 29.5 Å². The van der Waals surface area contributed by atoms with Crippen LogP contribution in [0.2, 0.25) is 0 Å². The number of nitrogens with one attached hydrogen (secondary N) is 5. The minimum Gasteiger partial charge on any atom is -0.496 e. The molecule has 0 unspecified atom stereocenters. The van der Waals surface area contributed by atoms with Crippen molar-refractivity contribution in [1.29, 1.82) is 5.26 Å². The van der Waals surface area contributed by atoms with Crippen LogP contribution in [0.4, 0.5) is 27.0 Å². The lowest BCUT2D eigenvalue weighted by Crippen LogP contribution is -2.33. The van der Waals surface area contributed by atoms with Gasteiger partial charge in [-0.2, -0.15) is 15.5 Å². The van der Waals surface area contributed by atoms with E-state index in [4.69, 9.17) is 39.4 Å². The molecule has 5 aromatic heterocycles. The van der Waals surface area contributed by atoms with Crippen LogP contribution in [0.1, 0.15) is 60.1 Å². The first-order valence-electron chi connectivity index (χ1n) is 18.7. The summed E-state index contributed by atoms with van der Waals surface area (Å²) in [5, 5.41) is 31.1. The van der Waals surface area contributed by atoms with Crippen molar-refractivity contribution >= 4 is 29.6 Å². The molecule has 0 saturated carbocycles. The number of pyridine rings is 2. The summed E-state index contributed by atoms with van der Waals surface area (Å²) in [5.41, 5.74) is 7.31. The zero-order valence-corrected chi connectivity index (χ0v) is 34.8. The second-order valence-corrected chi connectivity index (χ2v) is 14.5. The standard InChI is InChI=1S/C22H26N8O4.C17H25N5O4/c1-22(2,3)34-21(31)25-7-5-9-33-20-19(16(32-4)6-8-24-20)15-10-17(30-29-15)28-18-13-26-14(11-23)12-27-18;1-17(2,3)26-16(23)20-7-5-9-25-15-14(11-10-13(18)22-21-11)12(24-4)6-8-19-15/h6,8,10,12-13H,5,7,9H2,1-4H3,(H,25,31)(H2,27,28,29,30);6,8,10H,5,7,9H2,1-4H3,(H,20,23)(H3,18,21,22). The van der Waals surface area contributed by atoms with Gasteiger partial charge in [-0.1, -0.05) is 0 Å². The zero-order valence-electron chi connectivity index (χ0n) is 34.8. The molecule has 320 valence electrons. The SMILES string of the molecule is COc1ccnc(OCCCNC(=O)OC(C)(C)C)c1-c1cc(N)n[nH]1.COc1ccnc(OCCCNC(=O)OC(C)(C)C)c1-c1cc(Nc2cnc(C#N)cn2)n[nH]1. The molecular formula is C39H51N13O8. The van der Waals surface area contributed by atoms with Gasteiger partial charge in [0.25, 0.3) is 0 Å². The maximum Gasteiger partial charge on any atom is 0.407 e. The van der Waals surface area contributed by atoms with Crippen LogP contribution in [-0.4, -0.2) is 104 Å². The second kappa shape index (κ2) is 21.4. The van der Waals surface area contributed by atoms with Crippen LogP contribution in [0.25, 0.3) is 22.5 Å². The van der Waals surface area contributed by atoms with Gasteiger partial charge in [-0.15, -0.1) is 0 Å². The summed E-state index contributed by atoms with van der Waals surface area (Å²) < 4.78 is 32.9. The number of nitrogens with zero attached hydrogens (tertiary/aromatic N) is 7. The van der Waals surface area contributed by atoms with Crippen LogP contribution in [0.3, 0.4) is 0 Å². The third-order valence-electron chi connectivity index (χ3n) is 7.39. The van der Waals surface area contributed by atoms with Gasteiger partial charge >= 0.3 is 12.2 Å². The molecule has 7 N–H and O–H groups in total. The number of nitrogen functional groups attached to an aromatic ring is 1. The van der Waals surface area contributed by atoms with Crippen molar-refractivity contribution in [2.45, 2.75) is 65.6 Å². The molecule has 21 nitrogen and oxygen atoms in total. The number of H-pyrrole nitrogens is 2. The van der Waals surface area contributed by atoms with Gasteiger partial charge in [0.2, 0.25) is 11.8 Å². The first-order chi connectivity index (χ1) is 28.6. The molecule has 60 heavy (non-hydrogen) atoms. The number of methoxy groups -OCH3 is 2. The molecule has 2 amide bonds. The largest absolute Gasteiger partial charge is 0.496 e. The number of carbonyl (C=O) groups excluding carboxylic acids is 2. The average molecular weight is 830 g/mol. The number of ether oxygens (including phenoxy) is 6. The van der Waals surface area contributed by atoms with Crippen LogP contribution in [0, 0.1) is 11.3 Å². The summed E-state index contributed by atoms with van der Waals surface area (Å²) in [6, 6.07) is 8.78. The number of hydrogen-bond donors (Lipinski definition) is 6.